The van der Waals surface area contributed by atoms with Gasteiger partial charge in [-0.1, -0.05) is 30.3 Å². The van der Waals surface area contributed by atoms with Crippen molar-refractivity contribution in [2.24, 2.45) is 10.7 Å². The second-order valence-electron chi connectivity index (χ2n) is 6.56. The third kappa shape index (κ3) is 6.65. The number of nitrogens with two attached hydrogens (primary N) is 1. The predicted molar refractivity (Wildman–Crippen MR) is 118 cm³/mol. The zero-order chi connectivity index (χ0) is 21.4. The van der Waals surface area contributed by atoms with Crippen LogP contribution in [0.3, 0.4) is 0 Å². The van der Waals surface area contributed by atoms with Gasteiger partial charge in [0.1, 0.15) is 5.82 Å². The molecule has 3 rings (SSSR count). The Morgan fingerprint density at radius 2 is 1.87 bits per heavy atom. The van der Waals surface area contributed by atoms with Gasteiger partial charge in [-0.05, 0) is 53.3 Å². The van der Waals surface area contributed by atoms with E-state index in [0.29, 0.717) is 23.6 Å². The van der Waals surface area contributed by atoms with Gasteiger partial charge in [0.2, 0.25) is 10.0 Å². The van der Waals surface area contributed by atoms with E-state index in [1.54, 1.807) is 35.6 Å². The lowest BCUT2D eigenvalue weighted by Crippen LogP contribution is -2.33. The number of hydrogen-bond acceptors (Lipinski definition) is 4. The molecule has 0 amide bonds. The minimum Gasteiger partial charge on any atom is -0.370 e. The topological polar surface area (TPSA) is 96.6 Å². The fraction of sp³-hybridized carbons (Fsp3) is 0.190. The largest absolute Gasteiger partial charge is 0.370 e. The maximum absolute atomic E-state index is 13.3. The molecule has 2 aromatic carbocycles. The van der Waals surface area contributed by atoms with Crippen molar-refractivity contribution in [2.75, 3.05) is 6.54 Å². The zero-order valence-corrected chi connectivity index (χ0v) is 17.8. The van der Waals surface area contributed by atoms with Crippen LogP contribution >= 0.6 is 11.3 Å². The minimum atomic E-state index is -3.74. The number of aliphatic imine (C=N–C) groups is 1. The molecule has 0 unspecified atom stereocenters. The molecule has 0 saturated carbocycles. The van der Waals surface area contributed by atoms with Gasteiger partial charge >= 0.3 is 0 Å². The molecular formula is C21H23FN4O2S2. The van der Waals surface area contributed by atoms with Crippen molar-refractivity contribution in [3.05, 3.63) is 87.9 Å². The molecule has 6 nitrogen and oxygen atoms in total. The van der Waals surface area contributed by atoms with E-state index in [1.807, 2.05) is 11.4 Å². The Morgan fingerprint density at radius 3 is 2.63 bits per heavy atom. The zero-order valence-electron chi connectivity index (χ0n) is 16.2. The Bertz CT molecular complexity index is 1100. The Morgan fingerprint density at radius 1 is 1.07 bits per heavy atom. The van der Waals surface area contributed by atoms with Crippen molar-refractivity contribution < 1.29 is 12.8 Å². The molecule has 4 N–H and O–H groups in total. The van der Waals surface area contributed by atoms with E-state index in [0.717, 1.165) is 6.42 Å². The van der Waals surface area contributed by atoms with Crippen LogP contribution in [0, 0.1) is 5.82 Å². The van der Waals surface area contributed by atoms with Crippen LogP contribution in [0.25, 0.3) is 0 Å². The van der Waals surface area contributed by atoms with Gasteiger partial charge in [-0.25, -0.2) is 22.5 Å². The van der Waals surface area contributed by atoms with Gasteiger partial charge in [-0.2, -0.15) is 0 Å². The van der Waals surface area contributed by atoms with Crippen LogP contribution in [0.15, 0.2) is 75.9 Å². The van der Waals surface area contributed by atoms with Gasteiger partial charge in [-0.3, -0.25) is 0 Å². The molecule has 0 aliphatic rings. The van der Waals surface area contributed by atoms with Crippen molar-refractivity contribution in [3.63, 3.8) is 0 Å². The first kappa shape index (κ1) is 21.9. The summed E-state index contributed by atoms with van der Waals surface area (Å²) in [6.45, 7) is 0.933. The normalized spacial score (nSPS) is 12.1. The summed E-state index contributed by atoms with van der Waals surface area (Å²) in [6, 6.07) is 16.4. The standard InChI is InChI=1S/C21H23FN4O2S2/c22-18-6-1-4-16(12-18)15-26-30(27,28)20-8-2-5-17(13-20)14-25-21(23)24-10-9-19-7-3-11-29-19/h1-8,11-13,26H,9-10,14-15H2,(H3,23,24,25). The van der Waals surface area contributed by atoms with Crippen LogP contribution in [-0.2, 0) is 29.5 Å². The van der Waals surface area contributed by atoms with Crippen LogP contribution in [0.4, 0.5) is 4.39 Å². The number of guanidine groups is 1. The van der Waals surface area contributed by atoms with Crippen molar-refractivity contribution in [2.45, 2.75) is 24.4 Å². The quantitative estimate of drug-likeness (QED) is 0.348. The molecule has 0 bridgehead atoms. The highest BCUT2D eigenvalue weighted by Crippen LogP contribution is 2.13. The summed E-state index contributed by atoms with van der Waals surface area (Å²) in [5.74, 6) is -0.0998. The molecule has 158 valence electrons. The molecule has 0 spiro atoms. The molecule has 0 radical (unpaired) electrons. The van der Waals surface area contributed by atoms with Gasteiger partial charge in [0, 0.05) is 18.0 Å². The van der Waals surface area contributed by atoms with Crippen molar-refractivity contribution in [1.82, 2.24) is 10.0 Å². The van der Waals surface area contributed by atoms with Gasteiger partial charge in [-0.15, -0.1) is 11.3 Å². The molecule has 0 fully saturated rings. The maximum Gasteiger partial charge on any atom is 0.240 e. The number of benzene rings is 2. The first-order chi connectivity index (χ1) is 14.4. The molecule has 0 saturated heterocycles. The number of halogens is 1. The van der Waals surface area contributed by atoms with E-state index in [-0.39, 0.29) is 18.0 Å². The van der Waals surface area contributed by atoms with Crippen LogP contribution in [-0.4, -0.2) is 20.9 Å². The SMILES string of the molecule is NC(=NCc1cccc(S(=O)(=O)NCc2cccc(F)c2)c1)NCCc1cccs1. The third-order valence-corrected chi connectivity index (χ3v) is 6.59. The number of nitrogens with one attached hydrogen (secondary N) is 2. The fourth-order valence-corrected chi connectivity index (χ4v) is 4.52. The lowest BCUT2D eigenvalue weighted by atomic mass is 10.2. The number of rotatable bonds is 9. The Hall–Kier alpha value is -2.75. The summed E-state index contributed by atoms with van der Waals surface area (Å²) in [5.41, 5.74) is 7.15. The summed E-state index contributed by atoms with van der Waals surface area (Å²) in [5, 5.41) is 5.08. The van der Waals surface area contributed by atoms with E-state index in [2.05, 4.69) is 21.1 Å². The van der Waals surface area contributed by atoms with Crippen molar-refractivity contribution in [1.29, 1.82) is 0 Å². The molecule has 0 atom stereocenters. The second kappa shape index (κ2) is 10.3. The van der Waals surface area contributed by atoms with E-state index in [9.17, 15) is 12.8 Å². The average Bonchev–Trinajstić information content (AvgIpc) is 3.25. The Balaban J connectivity index is 1.56. The third-order valence-electron chi connectivity index (χ3n) is 4.25. The van der Waals surface area contributed by atoms with Crippen molar-refractivity contribution >= 4 is 27.3 Å². The molecule has 3 aromatic rings. The van der Waals surface area contributed by atoms with Crippen LogP contribution in [0.2, 0.25) is 0 Å². The highest BCUT2D eigenvalue weighted by atomic mass is 32.2. The van der Waals surface area contributed by atoms with Gasteiger partial charge in [0.15, 0.2) is 5.96 Å². The fourth-order valence-electron chi connectivity index (χ4n) is 2.72. The molecule has 1 aromatic heterocycles. The van der Waals surface area contributed by atoms with Crippen LogP contribution in [0.1, 0.15) is 16.0 Å². The number of hydrogen-bond donors (Lipinski definition) is 3. The maximum atomic E-state index is 13.3. The van der Waals surface area contributed by atoms with E-state index in [1.165, 1.54) is 29.1 Å². The Kier molecular flexibility index (Phi) is 7.56. The molecule has 1 heterocycles. The number of sulfonamides is 1. The molecule has 9 heteroatoms. The van der Waals surface area contributed by atoms with Crippen LogP contribution < -0.4 is 15.8 Å². The molecule has 0 aliphatic heterocycles. The monoisotopic (exact) mass is 446 g/mol. The van der Waals surface area contributed by atoms with E-state index >= 15 is 0 Å². The Labute approximate surface area is 179 Å². The smallest absolute Gasteiger partial charge is 0.240 e. The van der Waals surface area contributed by atoms with Gasteiger partial charge < -0.3 is 11.1 Å². The number of nitrogens with zero attached hydrogens (tertiary/aromatic N) is 1. The average molecular weight is 447 g/mol. The lowest BCUT2D eigenvalue weighted by Gasteiger charge is -2.09. The summed E-state index contributed by atoms with van der Waals surface area (Å²) in [4.78, 5) is 5.65. The van der Waals surface area contributed by atoms with E-state index in [4.69, 9.17) is 5.73 Å². The lowest BCUT2D eigenvalue weighted by molar-refractivity contribution is 0.580. The first-order valence-corrected chi connectivity index (χ1v) is 11.7. The minimum absolute atomic E-state index is 0.00355. The summed E-state index contributed by atoms with van der Waals surface area (Å²) >= 11 is 1.69. The van der Waals surface area contributed by atoms with E-state index < -0.39 is 15.8 Å². The molecular weight excluding hydrogens is 423 g/mol. The highest BCUT2D eigenvalue weighted by molar-refractivity contribution is 7.89. The molecule has 0 aliphatic carbocycles. The van der Waals surface area contributed by atoms with Gasteiger partial charge in [0.25, 0.3) is 0 Å². The van der Waals surface area contributed by atoms with Crippen LogP contribution in [0.5, 0.6) is 0 Å². The first-order valence-electron chi connectivity index (χ1n) is 9.31. The summed E-state index contributed by atoms with van der Waals surface area (Å²) in [7, 11) is -3.74. The predicted octanol–water partition coefficient (Wildman–Crippen LogP) is 3.01. The summed E-state index contributed by atoms with van der Waals surface area (Å²) < 4.78 is 40.9. The summed E-state index contributed by atoms with van der Waals surface area (Å²) in [6.07, 6.45) is 0.860. The molecule has 30 heavy (non-hydrogen) atoms. The van der Waals surface area contributed by atoms with Crippen molar-refractivity contribution in [3.8, 4) is 0 Å². The number of thiophene rings is 1. The highest BCUT2D eigenvalue weighted by Gasteiger charge is 2.14. The van der Waals surface area contributed by atoms with Gasteiger partial charge in [0.05, 0.1) is 11.4 Å². The second-order valence-corrected chi connectivity index (χ2v) is 9.36.